The van der Waals surface area contributed by atoms with Crippen LogP contribution < -0.4 is 5.73 Å². The molecule has 2 N–H and O–H groups in total. The first-order valence-corrected chi connectivity index (χ1v) is 10.1. The van der Waals surface area contributed by atoms with Gasteiger partial charge in [0.2, 0.25) is 5.91 Å². The Morgan fingerprint density at radius 1 is 1.23 bits per heavy atom. The predicted octanol–water partition coefficient (Wildman–Crippen LogP) is 2.65. The molecule has 0 aromatic rings. The first-order valence-electron chi connectivity index (χ1n) is 10.1. The van der Waals surface area contributed by atoms with Crippen LogP contribution in [0, 0.1) is 35.0 Å². The summed E-state index contributed by atoms with van der Waals surface area (Å²) in [6.45, 7) is 3.33. The average molecular weight is 365 g/mol. The highest BCUT2D eigenvalue weighted by atomic mass is 19.1. The number of halogens is 1. The lowest BCUT2D eigenvalue weighted by Crippen LogP contribution is -2.39. The van der Waals surface area contributed by atoms with Gasteiger partial charge in [0.25, 0.3) is 0 Å². The highest BCUT2D eigenvalue weighted by molar-refractivity contribution is 5.79. The highest BCUT2D eigenvalue weighted by Crippen LogP contribution is 2.47. The van der Waals surface area contributed by atoms with Gasteiger partial charge in [-0.2, -0.15) is 5.26 Å². The number of nitrogens with two attached hydrogens (primary N) is 1. The highest BCUT2D eigenvalue weighted by Gasteiger charge is 2.41. The largest absolute Gasteiger partial charge is 0.378 e. The molecule has 0 aromatic carbocycles. The van der Waals surface area contributed by atoms with Crippen molar-refractivity contribution in [2.45, 2.75) is 70.2 Å². The summed E-state index contributed by atoms with van der Waals surface area (Å²) in [5.74, 6) is 3.62. The van der Waals surface area contributed by atoms with E-state index in [0.29, 0.717) is 6.10 Å². The van der Waals surface area contributed by atoms with E-state index in [4.69, 9.17) is 15.7 Å². The lowest BCUT2D eigenvalue weighted by atomic mass is 10.0. The molecule has 4 unspecified atom stereocenters. The van der Waals surface area contributed by atoms with Gasteiger partial charge in [-0.1, -0.05) is 6.92 Å². The normalized spacial score (nSPS) is 38.5. The predicted molar refractivity (Wildman–Crippen MR) is 96.8 cm³/mol. The molecule has 0 bridgehead atoms. The van der Waals surface area contributed by atoms with Crippen LogP contribution in [0.5, 0.6) is 0 Å². The monoisotopic (exact) mass is 365 g/mol. The molecule has 4 rings (SSSR count). The molecule has 4 fully saturated rings. The maximum atomic E-state index is 12.7. The molecule has 1 amide bonds. The molecule has 1 heterocycles. The number of alkyl halides is 1. The number of hydrogen-bond acceptors (Lipinski definition) is 4. The van der Waals surface area contributed by atoms with Crippen molar-refractivity contribution in [3.63, 3.8) is 0 Å². The maximum Gasteiger partial charge on any atom is 0.237 e. The molecular weight excluding hydrogens is 333 g/mol. The summed E-state index contributed by atoms with van der Waals surface area (Å²) in [4.78, 5) is 12.2. The summed E-state index contributed by atoms with van der Waals surface area (Å²) >= 11 is 0. The van der Waals surface area contributed by atoms with Gasteiger partial charge in [-0.25, -0.2) is 4.39 Å². The second kappa shape index (κ2) is 8.67. The number of nitriles is 1. The Morgan fingerprint density at radius 3 is 2.42 bits per heavy atom. The number of amides is 1. The molecule has 26 heavy (non-hydrogen) atoms. The fourth-order valence-electron chi connectivity index (χ4n) is 4.86. The maximum absolute atomic E-state index is 12.7. The molecule has 146 valence electrons. The van der Waals surface area contributed by atoms with Crippen LogP contribution in [-0.4, -0.2) is 48.8 Å². The summed E-state index contributed by atoms with van der Waals surface area (Å²) in [6.07, 6.45) is 8.24. The standard InChI is InChI=1S/C13H22O.C7H10FN3O/c1-9-4-11-6-13(7-12(11)5-9)14-8-10-2-3-10;8-5-1-6(2-9)11(4-5)7(12)3-10/h9-13H,2-8H2,1H3;5-6H,1,3-4,10H2/t9?,11-,12+,13?;. The van der Waals surface area contributed by atoms with Crippen LogP contribution >= 0.6 is 0 Å². The van der Waals surface area contributed by atoms with Gasteiger partial charge in [-0.3, -0.25) is 4.79 Å². The van der Waals surface area contributed by atoms with E-state index in [1.807, 2.05) is 6.07 Å². The molecule has 0 radical (unpaired) electrons. The summed E-state index contributed by atoms with van der Waals surface area (Å²) in [7, 11) is 0. The quantitative estimate of drug-likeness (QED) is 0.831. The van der Waals surface area contributed by atoms with E-state index in [2.05, 4.69) is 6.92 Å². The van der Waals surface area contributed by atoms with Crippen molar-refractivity contribution >= 4 is 5.91 Å². The smallest absolute Gasteiger partial charge is 0.237 e. The van der Waals surface area contributed by atoms with Crippen molar-refractivity contribution in [1.82, 2.24) is 4.90 Å². The van der Waals surface area contributed by atoms with Crippen LogP contribution in [0.2, 0.25) is 0 Å². The van der Waals surface area contributed by atoms with E-state index in [0.717, 1.165) is 30.3 Å². The molecule has 6 heteroatoms. The summed E-state index contributed by atoms with van der Waals surface area (Å²) in [5.41, 5.74) is 5.09. The van der Waals surface area contributed by atoms with Gasteiger partial charge < -0.3 is 15.4 Å². The fraction of sp³-hybridized carbons (Fsp3) is 0.900. The molecule has 0 spiro atoms. The number of rotatable bonds is 4. The van der Waals surface area contributed by atoms with Crippen molar-refractivity contribution in [3.05, 3.63) is 0 Å². The molecule has 4 aliphatic rings. The molecule has 5 nitrogen and oxygen atoms in total. The third kappa shape index (κ3) is 4.95. The Morgan fingerprint density at radius 2 is 1.88 bits per heavy atom. The first-order chi connectivity index (χ1) is 12.5. The van der Waals surface area contributed by atoms with Gasteiger partial charge in [0, 0.05) is 13.0 Å². The van der Waals surface area contributed by atoms with Crippen LogP contribution in [0.4, 0.5) is 4.39 Å². The Kier molecular flexibility index (Phi) is 6.52. The van der Waals surface area contributed by atoms with Gasteiger partial charge in [0.1, 0.15) is 12.2 Å². The molecule has 6 atom stereocenters. The Hall–Kier alpha value is -1.19. The van der Waals surface area contributed by atoms with Crippen molar-refractivity contribution in [2.24, 2.45) is 29.4 Å². The third-order valence-electron chi connectivity index (χ3n) is 6.37. The van der Waals surface area contributed by atoms with Crippen molar-refractivity contribution in [2.75, 3.05) is 19.7 Å². The molecule has 0 aromatic heterocycles. The van der Waals surface area contributed by atoms with Crippen molar-refractivity contribution in [3.8, 4) is 6.07 Å². The Labute approximate surface area is 156 Å². The first kappa shape index (κ1) is 19.6. The average Bonchev–Trinajstić information content (AvgIpc) is 3.12. The molecule has 1 saturated heterocycles. The minimum Gasteiger partial charge on any atom is -0.378 e. The van der Waals surface area contributed by atoms with E-state index in [-0.39, 0.29) is 25.4 Å². The fourth-order valence-corrected chi connectivity index (χ4v) is 4.86. The van der Waals surface area contributed by atoms with E-state index < -0.39 is 12.2 Å². The topological polar surface area (TPSA) is 79.3 Å². The zero-order valence-corrected chi connectivity index (χ0v) is 15.8. The van der Waals surface area contributed by atoms with Crippen molar-refractivity contribution in [1.29, 1.82) is 5.26 Å². The van der Waals surface area contributed by atoms with E-state index in [1.54, 1.807) is 0 Å². The van der Waals surface area contributed by atoms with E-state index in [9.17, 15) is 9.18 Å². The second-order valence-electron chi connectivity index (χ2n) is 8.69. The van der Waals surface area contributed by atoms with Crippen LogP contribution in [0.15, 0.2) is 0 Å². The van der Waals surface area contributed by atoms with Gasteiger partial charge in [-0.05, 0) is 62.2 Å². The van der Waals surface area contributed by atoms with Gasteiger partial charge in [0.05, 0.1) is 25.3 Å². The second-order valence-corrected chi connectivity index (χ2v) is 8.69. The number of fused-ring (bicyclic) bond motifs is 1. The summed E-state index contributed by atoms with van der Waals surface area (Å²) < 4.78 is 18.7. The Bertz CT molecular complexity index is 520. The SMILES string of the molecule is CC1C[C@@H]2CC(OCC3CC3)C[C@@H]2C1.N#CC1CC(F)CN1C(=O)CN. The number of hydrogen-bond donors (Lipinski definition) is 1. The number of carbonyl (C=O) groups excluding carboxylic acids is 1. The number of nitrogens with zero attached hydrogens (tertiary/aromatic N) is 2. The molecule has 3 saturated carbocycles. The minimum atomic E-state index is -1.08. The van der Waals surface area contributed by atoms with Crippen molar-refractivity contribution < 1.29 is 13.9 Å². The number of likely N-dealkylation sites (tertiary alicyclic amines) is 1. The summed E-state index contributed by atoms with van der Waals surface area (Å²) in [6, 6.07) is 1.24. The third-order valence-corrected chi connectivity index (χ3v) is 6.37. The van der Waals surface area contributed by atoms with Gasteiger partial charge >= 0.3 is 0 Å². The lowest BCUT2D eigenvalue weighted by Gasteiger charge is -2.17. The molecule has 1 aliphatic heterocycles. The molecule has 3 aliphatic carbocycles. The number of ether oxygens (including phenoxy) is 1. The van der Waals surface area contributed by atoms with Crippen LogP contribution in [-0.2, 0) is 9.53 Å². The Balaban J connectivity index is 0.000000153. The zero-order chi connectivity index (χ0) is 18.7. The zero-order valence-electron chi connectivity index (χ0n) is 15.8. The lowest BCUT2D eigenvalue weighted by molar-refractivity contribution is -0.129. The minimum absolute atomic E-state index is 0.00819. The molecular formula is C20H32FN3O2. The summed E-state index contributed by atoms with van der Waals surface area (Å²) in [5, 5.41) is 8.55. The number of carbonyl (C=O) groups is 1. The van der Waals surface area contributed by atoms with Crippen LogP contribution in [0.3, 0.4) is 0 Å². The van der Waals surface area contributed by atoms with Crippen LogP contribution in [0.25, 0.3) is 0 Å². The van der Waals surface area contributed by atoms with Gasteiger partial charge in [0.15, 0.2) is 0 Å². The van der Waals surface area contributed by atoms with E-state index >= 15 is 0 Å². The van der Waals surface area contributed by atoms with E-state index in [1.165, 1.54) is 43.4 Å². The van der Waals surface area contributed by atoms with Crippen LogP contribution in [0.1, 0.15) is 51.9 Å². The van der Waals surface area contributed by atoms with Gasteiger partial charge in [-0.15, -0.1) is 0 Å².